The van der Waals surface area contributed by atoms with Gasteiger partial charge in [-0.1, -0.05) is 30.3 Å². The first-order chi connectivity index (χ1) is 11.6. The third-order valence-electron chi connectivity index (χ3n) is 4.82. The molecule has 0 radical (unpaired) electrons. The predicted octanol–water partition coefficient (Wildman–Crippen LogP) is 1.89. The molecule has 0 spiro atoms. The van der Waals surface area contributed by atoms with Gasteiger partial charge in [0.1, 0.15) is 5.69 Å². The van der Waals surface area contributed by atoms with Gasteiger partial charge in [-0.15, -0.1) is 0 Å². The summed E-state index contributed by atoms with van der Waals surface area (Å²) in [6, 6.07) is 14.5. The molecule has 1 aromatic heterocycles. The molecule has 1 fully saturated rings. The summed E-state index contributed by atoms with van der Waals surface area (Å²) >= 11 is 0. The average molecular weight is 326 g/mol. The van der Waals surface area contributed by atoms with Gasteiger partial charge in [0.05, 0.1) is 0 Å². The molecular weight excluding hydrogens is 300 g/mol. The maximum absolute atomic E-state index is 12.0. The highest BCUT2D eigenvalue weighted by atomic mass is 16.2. The van der Waals surface area contributed by atoms with E-state index >= 15 is 0 Å². The SMILES string of the molecule is CN(C)C(=O)c1ccc(CN2C[C@@H](CN)[C@H](c3ccccc3)C2)[nH]1. The standard InChI is InChI=1S/C19H26N4O/c1-22(2)19(24)18-9-8-16(21-18)12-23-11-15(10-20)17(13-23)14-6-4-3-5-7-14/h3-9,15,17,21H,10-13,20H2,1-2H3/t15-,17+/m1/s1. The fraction of sp³-hybridized carbons (Fsp3) is 0.421. The van der Waals surface area contributed by atoms with Crippen LogP contribution >= 0.6 is 0 Å². The Kier molecular flexibility index (Phi) is 5.02. The molecule has 24 heavy (non-hydrogen) atoms. The van der Waals surface area contributed by atoms with Crippen molar-refractivity contribution < 1.29 is 4.79 Å². The average Bonchev–Trinajstić information content (AvgIpc) is 3.22. The Morgan fingerprint density at radius 2 is 1.96 bits per heavy atom. The molecule has 1 aromatic carbocycles. The molecule has 2 aromatic rings. The zero-order valence-corrected chi connectivity index (χ0v) is 14.4. The van der Waals surface area contributed by atoms with Gasteiger partial charge in [-0.05, 0) is 30.2 Å². The van der Waals surface area contributed by atoms with Crippen molar-refractivity contribution in [3.05, 3.63) is 59.4 Å². The zero-order chi connectivity index (χ0) is 17.1. The number of nitrogens with two attached hydrogens (primary N) is 1. The fourth-order valence-electron chi connectivity index (χ4n) is 3.55. The van der Waals surface area contributed by atoms with Crippen LogP contribution in [0.3, 0.4) is 0 Å². The van der Waals surface area contributed by atoms with Crippen LogP contribution in [0.25, 0.3) is 0 Å². The maximum Gasteiger partial charge on any atom is 0.269 e. The van der Waals surface area contributed by atoms with Crippen molar-refractivity contribution >= 4 is 5.91 Å². The first-order valence-electron chi connectivity index (χ1n) is 8.45. The van der Waals surface area contributed by atoms with Crippen LogP contribution in [0.15, 0.2) is 42.5 Å². The van der Waals surface area contributed by atoms with E-state index in [4.69, 9.17) is 5.73 Å². The lowest BCUT2D eigenvalue weighted by molar-refractivity contribution is 0.0822. The maximum atomic E-state index is 12.0. The number of likely N-dealkylation sites (tertiary alicyclic amines) is 1. The summed E-state index contributed by atoms with van der Waals surface area (Å²) in [5.74, 6) is 0.962. The Hall–Kier alpha value is -2.11. The van der Waals surface area contributed by atoms with Gasteiger partial charge in [0.15, 0.2) is 0 Å². The Labute approximate surface area is 143 Å². The number of hydrogen-bond donors (Lipinski definition) is 2. The van der Waals surface area contributed by atoms with Crippen LogP contribution in [0.1, 0.15) is 27.7 Å². The number of aromatic amines is 1. The van der Waals surface area contributed by atoms with Crippen molar-refractivity contribution in [1.82, 2.24) is 14.8 Å². The van der Waals surface area contributed by atoms with E-state index in [1.54, 1.807) is 19.0 Å². The molecular formula is C19H26N4O. The fourth-order valence-corrected chi connectivity index (χ4v) is 3.55. The Morgan fingerprint density at radius 3 is 2.62 bits per heavy atom. The minimum atomic E-state index is 0.00432. The molecule has 1 aliphatic rings. The van der Waals surface area contributed by atoms with E-state index in [9.17, 15) is 4.79 Å². The molecule has 1 aliphatic heterocycles. The van der Waals surface area contributed by atoms with Crippen LogP contribution in [0, 0.1) is 5.92 Å². The summed E-state index contributed by atoms with van der Waals surface area (Å²) in [4.78, 5) is 19.2. The normalized spacial score (nSPS) is 21.1. The van der Waals surface area contributed by atoms with Crippen LogP contribution in [0.2, 0.25) is 0 Å². The van der Waals surface area contributed by atoms with Crippen molar-refractivity contribution in [3.63, 3.8) is 0 Å². The van der Waals surface area contributed by atoms with Gasteiger partial charge in [-0.2, -0.15) is 0 Å². The number of amides is 1. The van der Waals surface area contributed by atoms with E-state index in [2.05, 4.69) is 40.2 Å². The highest BCUT2D eigenvalue weighted by molar-refractivity contribution is 5.92. The number of rotatable bonds is 5. The molecule has 3 N–H and O–H groups in total. The van der Waals surface area contributed by atoms with E-state index < -0.39 is 0 Å². The predicted molar refractivity (Wildman–Crippen MR) is 95.8 cm³/mol. The molecule has 5 nitrogen and oxygen atoms in total. The summed E-state index contributed by atoms with van der Waals surface area (Å²) in [5.41, 5.74) is 9.09. The van der Waals surface area contributed by atoms with E-state index in [1.165, 1.54) is 5.56 Å². The molecule has 0 saturated carbocycles. The number of carbonyl (C=O) groups is 1. The van der Waals surface area contributed by atoms with Crippen LogP contribution in [0.5, 0.6) is 0 Å². The summed E-state index contributed by atoms with van der Waals surface area (Å²) in [7, 11) is 3.53. The second-order valence-corrected chi connectivity index (χ2v) is 6.80. The summed E-state index contributed by atoms with van der Waals surface area (Å²) in [6.07, 6.45) is 0. The van der Waals surface area contributed by atoms with Gasteiger partial charge in [0, 0.05) is 45.3 Å². The summed E-state index contributed by atoms with van der Waals surface area (Å²) in [6.45, 7) is 3.51. The molecule has 1 amide bonds. The van der Waals surface area contributed by atoms with Gasteiger partial charge in [-0.3, -0.25) is 9.69 Å². The van der Waals surface area contributed by atoms with E-state index in [0.29, 0.717) is 24.1 Å². The van der Waals surface area contributed by atoms with Gasteiger partial charge in [0.2, 0.25) is 0 Å². The minimum Gasteiger partial charge on any atom is -0.353 e. The smallest absolute Gasteiger partial charge is 0.269 e. The number of carbonyl (C=O) groups excluding carboxylic acids is 1. The molecule has 1 saturated heterocycles. The van der Waals surface area contributed by atoms with Gasteiger partial charge < -0.3 is 15.6 Å². The highest BCUT2D eigenvalue weighted by Crippen LogP contribution is 2.32. The summed E-state index contributed by atoms with van der Waals surface area (Å²) < 4.78 is 0. The number of hydrogen-bond acceptors (Lipinski definition) is 3. The van der Waals surface area contributed by atoms with Crippen LogP contribution in [-0.2, 0) is 6.54 Å². The van der Waals surface area contributed by atoms with Crippen LogP contribution in [0.4, 0.5) is 0 Å². The van der Waals surface area contributed by atoms with E-state index in [1.807, 2.05) is 12.1 Å². The Bertz CT molecular complexity index is 680. The molecule has 5 heteroatoms. The van der Waals surface area contributed by atoms with Crippen molar-refractivity contribution in [2.75, 3.05) is 33.7 Å². The van der Waals surface area contributed by atoms with Crippen molar-refractivity contribution in [2.45, 2.75) is 12.5 Å². The van der Waals surface area contributed by atoms with Crippen molar-refractivity contribution in [3.8, 4) is 0 Å². The number of nitrogens with zero attached hydrogens (tertiary/aromatic N) is 2. The Morgan fingerprint density at radius 1 is 1.21 bits per heavy atom. The van der Waals surface area contributed by atoms with E-state index in [-0.39, 0.29) is 5.91 Å². The molecule has 2 heterocycles. The largest absolute Gasteiger partial charge is 0.353 e. The topological polar surface area (TPSA) is 65.4 Å². The number of benzene rings is 1. The third-order valence-corrected chi connectivity index (χ3v) is 4.82. The van der Waals surface area contributed by atoms with Crippen molar-refractivity contribution in [2.24, 2.45) is 11.7 Å². The van der Waals surface area contributed by atoms with Crippen molar-refractivity contribution in [1.29, 1.82) is 0 Å². The number of H-pyrrole nitrogens is 1. The monoisotopic (exact) mass is 326 g/mol. The molecule has 3 rings (SSSR count). The Balaban J connectivity index is 1.67. The first-order valence-corrected chi connectivity index (χ1v) is 8.45. The zero-order valence-electron chi connectivity index (χ0n) is 14.4. The molecule has 0 aliphatic carbocycles. The quantitative estimate of drug-likeness (QED) is 0.882. The number of aromatic nitrogens is 1. The molecule has 0 bridgehead atoms. The lowest BCUT2D eigenvalue weighted by Crippen LogP contribution is -2.24. The molecule has 128 valence electrons. The van der Waals surface area contributed by atoms with Crippen LogP contribution in [-0.4, -0.2) is 54.4 Å². The van der Waals surface area contributed by atoms with Gasteiger partial charge >= 0.3 is 0 Å². The summed E-state index contributed by atoms with van der Waals surface area (Å²) in [5, 5.41) is 0. The second-order valence-electron chi connectivity index (χ2n) is 6.80. The van der Waals surface area contributed by atoms with Gasteiger partial charge in [-0.25, -0.2) is 0 Å². The molecule has 0 unspecified atom stereocenters. The highest BCUT2D eigenvalue weighted by Gasteiger charge is 2.32. The lowest BCUT2D eigenvalue weighted by atomic mass is 9.89. The first kappa shape index (κ1) is 16.7. The van der Waals surface area contributed by atoms with Crippen LogP contribution < -0.4 is 5.73 Å². The lowest BCUT2D eigenvalue weighted by Gasteiger charge is -2.16. The number of nitrogens with one attached hydrogen (secondary N) is 1. The third kappa shape index (κ3) is 3.52. The van der Waals surface area contributed by atoms with E-state index in [0.717, 1.165) is 25.3 Å². The van der Waals surface area contributed by atoms with Gasteiger partial charge in [0.25, 0.3) is 5.91 Å². The molecule has 2 atom stereocenters. The minimum absolute atomic E-state index is 0.00432. The second kappa shape index (κ2) is 7.20.